The normalized spacial score (nSPS) is 8.85. The topological polar surface area (TPSA) is 152 Å². The first-order valence-electron chi connectivity index (χ1n) is 2.35. The molecule has 13 heavy (non-hydrogen) atoms. The Hall–Kier alpha value is -0.353. The SMILES string of the molecule is O=C(O)CC(=O)O.O=P(O)(O)O.[LiH]. The van der Waals surface area contributed by atoms with E-state index in [9.17, 15) is 9.59 Å². The van der Waals surface area contributed by atoms with E-state index in [0.717, 1.165) is 0 Å². The molecular weight excluding hydrogens is 202 g/mol. The van der Waals surface area contributed by atoms with Gasteiger partial charge in [-0.3, -0.25) is 9.59 Å². The Labute approximate surface area is 84.6 Å². The Morgan fingerprint density at radius 1 is 1.00 bits per heavy atom. The molecule has 0 saturated heterocycles. The second-order valence-corrected chi connectivity index (χ2v) is 2.50. The van der Waals surface area contributed by atoms with E-state index < -0.39 is 26.2 Å². The quantitative estimate of drug-likeness (QED) is 0.198. The number of rotatable bonds is 2. The number of aliphatic carboxylic acids is 2. The zero-order valence-corrected chi connectivity index (χ0v) is 6.51. The van der Waals surface area contributed by atoms with E-state index in [4.69, 9.17) is 29.5 Å². The van der Waals surface area contributed by atoms with E-state index in [-0.39, 0.29) is 18.9 Å². The van der Waals surface area contributed by atoms with Crippen molar-refractivity contribution in [2.24, 2.45) is 0 Å². The van der Waals surface area contributed by atoms with Crippen LogP contribution in [0.15, 0.2) is 0 Å². The van der Waals surface area contributed by atoms with E-state index in [2.05, 4.69) is 0 Å². The van der Waals surface area contributed by atoms with Gasteiger partial charge in [-0.2, -0.15) is 0 Å². The third kappa shape index (κ3) is 81.5. The van der Waals surface area contributed by atoms with E-state index in [1.54, 1.807) is 0 Å². The van der Waals surface area contributed by atoms with E-state index in [0.29, 0.717) is 0 Å². The van der Waals surface area contributed by atoms with Crippen LogP contribution in [0.2, 0.25) is 0 Å². The van der Waals surface area contributed by atoms with E-state index in [1.165, 1.54) is 0 Å². The zero-order valence-electron chi connectivity index (χ0n) is 5.62. The second-order valence-electron chi connectivity index (χ2n) is 1.48. The van der Waals surface area contributed by atoms with Crippen molar-refractivity contribution in [1.29, 1.82) is 0 Å². The number of carboxylic acids is 2. The Bertz CT molecular complexity index is 187. The van der Waals surface area contributed by atoms with E-state index >= 15 is 0 Å². The first-order valence-corrected chi connectivity index (χ1v) is 3.91. The molecule has 0 amide bonds. The van der Waals surface area contributed by atoms with Crippen LogP contribution < -0.4 is 0 Å². The van der Waals surface area contributed by atoms with Gasteiger partial charge in [0.05, 0.1) is 0 Å². The molecule has 0 aliphatic heterocycles. The molecule has 5 N–H and O–H groups in total. The summed E-state index contributed by atoms with van der Waals surface area (Å²) in [5, 5.41) is 15.4. The molecule has 10 heteroatoms. The first kappa shape index (κ1) is 18.4. The van der Waals surface area contributed by atoms with Crippen molar-refractivity contribution in [3.63, 3.8) is 0 Å². The molecule has 0 bridgehead atoms. The van der Waals surface area contributed by atoms with Gasteiger partial charge in [-0.15, -0.1) is 0 Å². The summed E-state index contributed by atoms with van der Waals surface area (Å²) >= 11 is 0. The molecule has 0 saturated carbocycles. The van der Waals surface area contributed by atoms with Gasteiger partial charge in [0.1, 0.15) is 6.42 Å². The maximum atomic E-state index is 9.43. The van der Waals surface area contributed by atoms with Gasteiger partial charge in [0.25, 0.3) is 0 Å². The average Bonchev–Trinajstić information content (AvgIpc) is 1.52. The first-order chi connectivity index (χ1) is 5.13. The van der Waals surface area contributed by atoms with Crippen LogP contribution in [0.4, 0.5) is 0 Å². The molecule has 0 aromatic heterocycles. The summed E-state index contributed by atoms with van der Waals surface area (Å²) < 4.78 is 8.88. The van der Waals surface area contributed by atoms with Crippen LogP contribution in [-0.2, 0) is 14.2 Å². The molecule has 0 aliphatic carbocycles. The van der Waals surface area contributed by atoms with Crippen LogP contribution in [0.5, 0.6) is 0 Å². The standard InChI is InChI=1S/C3H4O4.Li.H3O4P.H/c4-2(5)1-3(6)7;;1-5(2,3)4;/h1H2,(H,4,5)(H,6,7);;(H3,1,2,3,4);. The predicted molar refractivity (Wildman–Crippen MR) is 41.3 cm³/mol. The van der Waals surface area contributed by atoms with Crippen LogP contribution >= 0.6 is 7.82 Å². The average molecular weight is 210 g/mol. The fraction of sp³-hybridized carbons (Fsp3) is 0.333. The van der Waals surface area contributed by atoms with Gasteiger partial charge in [0.2, 0.25) is 0 Å². The number of hydrogen-bond donors (Lipinski definition) is 5. The Balaban J connectivity index is -0.000000150. The minimum atomic E-state index is -4.64. The monoisotopic (exact) mass is 210 g/mol. The molecule has 0 atom stereocenters. The Kier molecular flexibility index (Phi) is 11.7. The van der Waals surface area contributed by atoms with Crippen molar-refractivity contribution < 1.29 is 39.0 Å². The minimum absolute atomic E-state index is 0. The number of hydrogen-bond acceptors (Lipinski definition) is 3. The van der Waals surface area contributed by atoms with Crippen molar-refractivity contribution in [3.05, 3.63) is 0 Å². The molecule has 0 aromatic rings. The number of carbonyl (C=O) groups is 2. The van der Waals surface area contributed by atoms with Gasteiger partial charge in [-0.1, -0.05) is 0 Å². The summed E-state index contributed by atoms with van der Waals surface area (Å²) in [5.74, 6) is -2.62. The van der Waals surface area contributed by atoms with Gasteiger partial charge >= 0.3 is 38.6 Å². The molecule has 74 valence electrons. The van der Waals surface area contributed by atoms with Gasteiger partial charge < -0.3 is 24.9 Å². The van der Waals surface area contributed by atoms with Crippen molar-refractivity contribution in [1.82, 2.24) is 0 Å². The molecular formula is C3H8LiO8P. The zero-order chi connectivity index (χ0) is 10.4. The van der Waals surface area contributed by atoms with Crippen LogP contribution in [0.25, 0.3) is 0 Å². The second kappa shape index (κ2) is 8.25. The van der Waals surface area contributed by atoms with Gasteiger partial charge in [-0.05, 0) is 0 Å². The number of phosphoric acid groups is 1. The van der Waals surface area contributed by atoms with Crippen molar-refractivity contribution >= 4 is 38.6 Å². The summed E-state index contributed by atoms with van der Waals surface area (Å²) in [6, 6.07) is 0. The van der Waals surface area contributed by atoms with E-state index in [1.807, 2.05) is 0 Å². The van der Waals surface area contributed by atoms with Crippen LogP contribution in [0.3, 0.4) is 0 Å². The van der Waals surface area contributed by atoms with Crippen molar-refractivity contribution in [2.45, 2.75) is 6.42 Å². The molecule has 0 spiro atoms. The molecule has 0 aromatic carbocycles. The molecule has 0 rings (SSSR count). The molecule has 0 radical (unpaired) electrons. The maximum absolute atomic E-state index is 9.43. The van der Waals surface area contributed by atoms with Crippen LogP contribution in [-0.4, -0.2) is 55.7 Å². The van der Waals surface area contributed by atoms with Crippen LogP contribution in [0, 0.1) is 0 Å². The summed E-state index contributed by atoms with van der Waals surface area (Å²) in [4.78, 5) is 40.4. The number of carboxylic acid groups (broad SMARTS) is 2. The van der Waals surface area contributed by atoms with Gasteiger partial charge in [-0.25, -0.2) is 4.57 Å². The summed E-state index contributed by atoms with van der Waals surface area (Å²) in [6.45, 7) is 0. The fourth-order valence-electron chi connectivity index (χ4n) is 0.129. The van der Waals surface area contributed by atoms with Crippen LogP contribution in [0.1, 0.15) is 6.42 Å². The molecule has 0 aliphatic rings. The fourth-order valence-corrected chi connectivity index (χ4v) is 0.129. The molecule has 8 nitrogen and oxygen atoms in total. The Morgan fingerprint density at radius 3 is 1.15 bits per heavy atom. The van der Waals surface area contributed by atoms with Gasteiger partial charge in [0, 0.05) is 0 Å². The van der Waals surface area contributed by atoms with Gasteiger partial charge in [0.15, 0.2) is 0 Å². The summed E-state index contributed by atoms with van der Waals surface area (Å²) in [7, 11) is -4.64. The summed E-state index contributed by atoms with van der Waals surface area (Å²) in [5.41, 5.74) is 0. The third-order valence-electron chi connectivity index (χ3n) is 0.302. The predicted octanol–water partition coefficient (Wildman–Crippen LogP) is -2.03. The van der Waals surface area contributed by atoms with Crippen molar-refractivity contribution in [3.8, 4) is 0 Å². The molecule has 0 unspecified atom stereocenters. The summed E-state index contributed by atoms with van der Waals surface area (Å²) in [6.07, 6.45) is -0.806. The Morgan fingerprint density at radius 2 is 1.15 bits per heavy atom. The van der Waals surface area contributed by atoms with Crippen molar-refractivity contribution in [2.75, 3.05) is 0 Å². The third-order valence-corrected chi connectivity index (χ3v) is 0.302. The molecule has 0 heterocycles. The molecule has 0 fully saturated rings.